The number of hydrogen-bond donors (Lipinski definition) is 2. The number of phenolic OH excluding ortho intramolecular Hbond substituents is 1. The molecule has 4 nitrogen and oxygen atoms in total. The molecule has 2 N–H and O–H groups in total. The zero-order valence-electron chi connectivity index (χ0n) is 11.8. The van der Waals surface area contributed by atoms with Crippen LogP contribution in [0.25, 0.3) is 0 Å². The Hall–Kier alpha value is -2.20. The van der Waals surface area contributed by atoms with Crippen LogP contribution in [0, 0.1) is 6.92 Å². The molecule has 0 atom stereocenters. The lowest BCUT2D eigenvalue weighted by Crippen LogP contribution is -2.24. The van der Waals surface area contributed by atoms with E-state index in [-0.39, 0.29) is 18.2 Å². The molecule has 5 heteroatoms. The van der Waals surface area contributed by atoms with Crippen molar-refractivity contribution in [2.45, 2.75) is 13.5 Å². The smallest absolute Gasteiger partial charge is 0.251 e. The summed E-state index contributed by atoms with van der Waals surface area (Å²) in [7, 11) is 1.56. The maximum atomic E-state index is 12.2. The standard InChI is InChI=1S/C16H16ClNO3/c1-10-8-11(19)6-7-12(10)16(20)18-9-13-14(17)4-3-5-15(13)21-2/h3-8,19H,9H2,1-2H3,(H,18,20). The van der Waals surface area contributed by atoms with Gasteiger partial charge in [0.2, 0.25) is 0 Å². The number of hydrogen-bond acceptors (Lipinski definition) is 3. The summed E-state index contributed by atoms with van der Waals surface area (Å²) >= 11 is 6.13. The highest BCUT2D eigenvalue weighted by molar-refractivity contribution is 6.31. The second-order valence-corrected chi connectivity index (χ2v) is 5.01. The van der Waals surface area contributed by atoms with Gasteiger partial charge in [-0.1, -0.05) is 17.7 Å². The van der Waals surface area contributed by atoms with Crippen molar-refractivity contribution in [2.24, 2.45) is 0 Å². The molecule has 2 aromatic carbocycles. The maximum absolute atomic E-state index is 12.2. The van der Waals surface area contributed by atoms with E-state index < -0.39 is 0 Å². The van der Waals surface area contributed by atoms with Gasteiger partial charge in [0.1, 0.15) is 11.5 Å². The number of rotatable bonds is 4. The minimum absolute atomic E-state index is 0.136. The van der Waals surface area contributed by atoms with Gasteiger partial charge in [-0.25, -0.2) is 0 Å². The van der Waals surface area contributed by atoms with Crippen LogP contribution in [-0.4, -0.2) is 18.1 Å². The molecule has 0 aliphatic rings. The van der Waals surface area contributed by atoms with Gasteiger partial charge < -0.3 is 15.2 Å². The highest BCUT2D eigenvalue weighted by atomic mass is 35.5. The first-order valence-corrected chi connectivity index (χ1v) is 6.80. The van der Waals surface area contributed by atoms with Crippen LogP contribution in [0.15, 0.2) is 36.4 Å². The van der Waals surface area contributed by atoms with Gasteiger partial charge in [0.15, 0.2) is 0 Å². The van der Waals surface area contributed by atoms with Crippen molar-refractivity contribution in [1.29, 1.82) is 0 Å². The summed E-state index contributed by atoms with van der Waals surface area (Å²) in [5, 5.41) is 12.7. The molecule has 0 heterocycles. The monoisotopic (exact) mass is 305 g/mol. The molecule has 0 aliphatic carbocycles. The number of benzene rings is 2. The van der Waals surface area contributed by atoms with E-state index in [0.29, 0.717) is 21.9 Å². The Labute approximate surface area is 128 Å². The Morgan fingerprint density at radius 2 is 2.10 bits per heavy atom. The number of nitrogens with one attached hydrogen (secondary N) is 1. The van der Waals surface area contributed by atoms with Gasteiger partial charge in [-0.2, -0.15) is 0 Å². The zero-order valence-corrected chi connectivity index (χ0v) is 12.6. The fraction of sp³-hybridized carbons (Fsp3) is 0.188. The first-order valence-electron chi connectivity index (χ1n) is 6.42. The molecule has 21 heavy (non-hydrogen) atoms. The Bertz CT molecular complexity index is 671. The average Bonchev–Trinajstić information content (AvgIpc) is 2.45. The van der Waals surface area contributed by atoms with Crippen LogP contribution in [0.2, 0.25) is 5.02 Å². The van der Waals surface area contributed by atoms with Crippen LogP contribution in [0.3, 0.4) is 0 Å². The van der Waals surface area contributed by atoms with Crippen molar-refractivity contribution in [2.75, 3.05) is 7.11 Å². The molecule has 2 aromatic rings. The molecule has 110 valence electrons. The van der Waals surface area contributed by atoms with E-state index in [0.717, 1.165) is 5.56 Å². The van der Waals surface area contributed by atoms with Gasteiger partial charge in [-0.3, -0.25) is 4.79 Å². The van der Waals surface area contributed by atoms with Crippen LogP contribution in [0.4, 0.5) is 0 Å². The summed E-state index contributed by atoms with van der Waals surface area (Å²) in [4.78, 5) is 12.2. The van der Waals surface area contributed by atoms with Crippen LogP contribution in [0.5, 0.6) is 11.5 Å². The third-order valence-electron chi connectivity index (χ3n) is 3.18. The molecule has 0 fully saturated rings. The topological polar surface area (TPSA) is 58.6 Å². The molecule has 0 radical (unpaired) electrons. The SMILES string of the molecule is COc1cccc(Cl)c1CNC(=O)c1ccc(O)cc1C. The third-order valence-corrected chi connectivity index (χ3v) is 3.53. The largest absolute Gasteiger partial charge is 0.508 e. The molecular formula is C16H16ClNO3. The average molecular weight is 306 g/mol. The quantitative estimate of drug-likeness (QED) is 0.911. The fourth-order valence-corrected chi connectivity index (χ4v) is 2.30. The van der Waals surface area contributed by atoms with E-state index in [1.807, 2.05) is 0 Å². The van der Waals surface area contributed by atoms with Crippen LogP contribution in [0.1, 0.15) is 21.5 Å². The Kier molecular flexibility index (Phi) is 4.70. The van der Waals surface area contributed by atoms with Gasteiger partial charge in [0, 0.05) is 22.7 Å². The predicted molar refractivity (Wildman–Crippen MR) is 82.0 cm³/mol. The second-order valence-electron chi connectivity index (χ2n) is 4.60. The molecular weight excluding hydrogens is 290 g/mol. The summed E-state index contributed by atoms with van der Waals surface area (Å²) in [6.07, 6.45) is 0. The van der Waals surface area contributed by atoms with Gasteiger partial charge in [-0.15, -0.1) is 0 Å². The first-order chi connectivity index (χ1) is 10.0. The third kappa shape index (κ3) is 3.47. The molecule has 0 saturated heterocycles. The summed E-state index contributed by atoms with van der Waals surface area (Å²) in [6, 6.07) is 9.94. The number of halogens is 1. The summed E-state index contributed by atoms with van der Waals surface area (Å²) in [5.41, 5.74) is 1.95. The van der Waals surface area contributed by atoms with Gasteiger partial charge in [-0.05, 0) is 42.8 Å². The molecule has 0 bridgehead atoms. The second kappa shape index (κ2) is 6.50. The molecule has 1 amide bonds. The minimum atomic E-state index is -0.227. The lowest BCUT2D eigenvalue weighted by atomic mass is 10.1. The van der Waals surface area contributed by atoms with Gasteiger partial charge >= 0.3 is 0 Å². The van der Waals surface area contributed by atoms with Crippen LogP contribution >= 0.6 is 11.6 Å². The van der Waals surface area contributed by atoms with E-state index >= 15 is 0 Å². The van der Waals surface area contributed by atoms with E-state index in [2.05, 4.69) is 5.32 Å². The molecule has 0 saturated carbocycles. The number of carbonyl (C=O) groups excluding carboxylic acids is 1. The molecule has 0 unspecified atom stereocenters. The van der Waals surface area contributed by atoms with Crippen molar-refractivity contribution < 1.29 is 14.6 Å². The van der Waals surface area contributed by atoms with Gasteiger partial charge in [0.25, 0.3) is 5.91 Å². The first kappa shape index (κ1) is 15.2. The highest BCUT2D eigenvalue weighted by Gasteiger charge is 2.12. The number of methoxy groups -OCH3 is 1. The Morgan fingerprint density at radius 3 is 2.76 bits per heavy atom. The van der Waals surface area contributed by atoms with Crippen molar-refractivity contribution in [3.63, 3.8) is 0 Å². The van der Waals surface area contributed by atoms with E-state index in [1.165, 1.54) is 6.07 Å². The number of aromatic hydroxyl groups is 1. The normalized spacial score (nSPS) is 10.2. The Morgan fingerprint density at radius 1 is 1.33 bits per heavy atom. The minimum Gasteiger partial charge on any atom is -0.508 e. The summed E-state index contributed by atoms with van der Waals surface area (Å²) in [5.74, 6) is 0.538. The number of carbonyl (C=O) groups is 1. The van der Waals surface area contributed by atoms with E-state index in [1.54, 1.807) is 44.4 Å². The lowest BCUT2D eigenvalue weighted by Gasteiger charge is -2.12. The fourth-order valence-electron chi connectivity index (χ4n) is 2.07. The number of ether oxygens (including phenoxy) is 1. The van der Waals surface area contributed by atoms with Crippen LogP contribution in [-0.2, 0) is 6.54 Å². The highest BCUT2D eigenvalue weighted by Crippen LogP contribution is 2.26. The maximum Gasteiger partial charge on any atom is 0.251 e. The number of aryl methyl sites for hydroxylation is 1. The van der Waals surface area contributed by atoms with Crippen molar-refractivity contribution >= 4 is 17.5 Å². The summed E-state index contributed by atoms with van der Waals surface area (Å²) in [6.45, 7) is 2.03. The van der Waals surface area contributed by atoms with E-state index in [9.17, 15) is 9.90 Å². The molecule has 0 aromatic heterocycles. The molecule has 0 spiro atoms. The van der Waals surface area contributed by atoms with Crippen LogP contribution < -0.4 is 10.1 Å². The van der Waals surface area contributed by atoms with Gasteiger partial charge in [0.05, 0.1) is 7.11 Å². The van der Waals surface area contributed by atoms with E-state index in [4.69, 9.17) is 16.3 Å². The zero-order chi connectivity index (χ0) is 15.4. The predicted octanol–water partition coefficient (Wildman–Crippen LogP) is 3.29. The van der Waals surface area contributed by atoms with Crippen molar-refractivity contribution in [3.05, 3.63) is 58.1 Å². The number of amides is 1. The summed E-state index contributed by atoms with van der Waals surface area (Å²) < 4.78 is 5.23. The number of phenols is 1. The molecule has 2 rings (SSSR count). The van der Waals surface area contributed by atoms with Crippen molar-refractivity contribution in [1.82, 2.24) is 5.32 Å². The Balaban J connectivity index is 2.15. The molecule has 0 aliphatic heterocycles. The lowest BCUT2D eigenvalue weighted by molar-refractivity contribution is 0.0950. The van der Waals surface area contributed by atoms with Crippen molar-refractivity contribution in [3.8, 4) is 11.5 Å².